The highest BCUT2D eigenvalue weighted by Gasteiger charge is 2.30. The van der Waals surface area contributed by atoms with Crippen molar-refractivity contribution in [1.82, 2.24) is 19.4 Å². The normalized spacial score (nSPS) is 20.6. The van der Waals surface area contributed by atoms with E-state index in [0.717, 1.165) is 12.8 Å². The lowest BCUT2D eigenvalue weighted by Gasteiger charge is -2.36. The van der Waals surface area contributed by atoms with E-state index in [-0.39, 0.29) is 17.7 Å². The standard InChI is InChI=1S/C14H20N4O2S/c19-13(11-4-2-1-3-5-11)17-6-8-18(9-7-17)14(20)12-10-21-16-15-12/h10-11H,1-9H2. The van der Waals surface area contributed by atoms with Crippen LogP contribution in [0, 0.1) is 5.92 Å². The zero-order chi connectivity index (χ0) is 14.7. The lowest BCUT2D eigenvalue weighted by Crippen LogP contribution is -2.52. The van der Waals surface area contributed by atoms with Crippen LogP contribution in [0.1, 0.15) is 42.6 Å². The third kappa shape index (κ3) is 3.23. The molecule has 7 heteroatoms. The van der Waals surface area contributed by atoms with Crippen LogP contribution in [0.25, 0.3) is 0 Å². The Morgan fingerprint density at radius 3 is 2.33 bits per heavy atom. The molecule has 114 valence electrons. The summed E-state index contributed by atoms with van der Waals surface area (Å²) in [5.41, 5.74) is 0.409. The van der Waals surface area contributed by atoms with E-state index in [0.29, 0.717) is 31.9 Å². The monoisotopic (exact) mass is 308 g/mol. The smallest absolute Gasteiger partial charge is 0.275 e. The molecule has 2 aliphatic rings. The first-order valence-corrected chi connectivity index (χ1v) is 8.44. The van der Waals surface area contributed by atoms with Crippen LogP contribution in [-0.4, -0.2) is 57.4 Å². The molecule has 1 saturated heterocycles. The molecule has 1 aromatic heterocycles. The van der Waals surface area contributed by atoms with E-state index in [2.05, 4.69) is 9.59 Å². The van der Waals surface area contributed by atoms with Crippen LogP contribution >= 0.6 is 11.5 Å². The number of carbonyl (C=O) groups is 2. The van der Waals surface area contributed by atoms with Crippen LogP contribution < -0.4 is 0 Å². The second kappa shape index (κ2) is 6.51. The summed E-state index contributed by atoms with van der Waals surface area (Å²) in [6.45, 7) is 2.46. The molecular formula is C14H20N4O2S. The molecule has 2 amide bonds. The summed E-state index contributed by atoms with van der Waals surface area (Å²) >= 11 is 1.18. The fraction of sp³-hybridized carbons (Fsp3) is 0.714. The second-order valence-corrected chi connectivity index (χ2v) is 6.35. The number of piperazine rings is 1. The molecule has 0 unspecified atom stereocenters. The maximum absolute atomic E-state index is 12.5. The summed E-state index contributed by atoms with van der Waals surface area (Å²) in [7, 11) is 0. The van der Waals surface area contributed by atoms with Crippen molar-refractivity contribution in [2.45, 2.75) is 32.1 Å². The van der Waals surface area contributed by atoms with Crippen LogP contribution in [0.2, 0.25) is 0 Å². The summed E-state index contributed by atoms with van der Waals surface area (Å²) in [5, 5.41) is 5.48. The maximum Gasteiger partial charge on any atom is 0.275 e. The van der Waals surface area contributed by atoms with Crippen molar-refractivity contribution in [1.29, 1.82) is 0 Å². The Balaban J connectivity index is 1.52. The minimum Gasteiger partial charge on any atom is -0.339 e. The van der Waals surface area contributed by atoms with Gasteiger partial charge in [0.2, 0.25) is 5.91 Å². The van der Waals surface area contributed by atoms with Crippen LogP contribution in [0.3, 0.4) is 0 Å². The molecule has 0 radical (unpaired) electrons. The zero-order valence-electron chi connectivity index (χ0n) is 12.0. The molecule has 21 heavy (non-hydrogen) atoms. The largest absolute Gasteiger partial charge is 0.339 e. The highest BCUT2D eigenvalue weighted by Crippen LogP contribution is 2.25. The highest BCUT2D eigenvalue weighted by atomic mass is 32.1. The van der Waals surface area contributed by atoms with Gasteiger partial charge < -0.3 is 9.80 Å². The van der Waals surface area contributed by atoms with Gasteiger partial charge in [0.1, 0.15) is 0 Å². The quantitative estimate of drug-likeness (QED) is 0.828. The van der Waals surface area contributed by atoms with E-state index in [9.17, 15) is 9.59 Å². The van der Waals surface area contributed by atoms with Gasteiger partial charge in [-0.25, -0.2) is 0 Å². The van der Waals surface area contributed by atoms with E-state index in [1.807, 2.05) is 4.90 Å². The van der Waals surface area contributed by atoms with Gasteiger partial charge in [0.15, 0.2) is 5.69 Å². The average Bonchev–Trinajstić information content (AvgIpc) is 3.09. The van der Waals surface area contributed by atoms with E-state index in [1.54, 1.807) is 10.3 Å². The number of hydrogen-bond donors (Lipinski definition) is 0. The van der Waals surface area contributed by atoms with E-state index < -0.39 is 0 Å². The Kier molecular flexibility index (Phi) is 4.48. The molecule has 0 spiro atoms. The number of amides is 2. The summed E-state index contributed by atoms with van der Waals surface area (Å²) in [6.07, 6.45) is 5.66. The molecule has 2 heterocycles. The molecule has 3 rings (SSSR count). The molecule has 2 fully saturated rings. The Bertz CT molecular complexity index is 491. The van der Waals surface area contributed by atoms with Gasteiger partial charge in [0.05, 0.1) is 0 Å². The van der Waals surface area contributed by atoms with Gasteiger partial charge in [-0.2, -0.15) is 0 Å². The van der Waals surface area contributed by atoms with Crippen LogP contribution in [0.15, 0.2) is 5.38 Å². The molecule has 1 aliphatic carbocycles. The zero-order valence-corrected chi connectivity index (χ0v) is 12.8. The van der Waals surface area contributed by atoms with Gasteiger partial charge in [-0.05, 0) is 24.4 Å². The van der Waals surface area contributed by atoms with Crippen molar-refractivity contribution in [3.8, 4) is 0 Å². The van der Waals surface area contributed by atoms with Crippen molar-refractivity contribution in [2.75, 3.05) is 26.2 Å². The third-order valence-electron chi connectivity index (χ3n) is 4.41. The number of rotatable bonds is 2. The van der Waals surface area contributed by atoms with Crippen molar-refractivity contribution < 1.29 is 9.59 Å². The van der Waals surface area contributed by atoms with Crippen molar-refractivity contribution in [3.05, 3.63) is 11.1 Å². The Morgan fingerprint density at radius 1 is 1.05 bits per heavy atom. The number of nitrogens with zero attached hydrogens (tertiary/aromatic N) is 4. The van der Waals surface area contributed by atoms with Crippen LogP contribution in [0.5, 0.6) is 0 Å². The van der Waals surface area contributed by atoms with Crippen molar-refractivity contribution >= 4 is 23.3 Å². The fourth-order valence-electron chi connectivity index (χ4n) is 3.16. The lowest BCUT2D eigenvalue weighted by atomic mass is 9.88. The molecule has 0 atom stereocenters. The predicted molar refractivity (Wildman–Crippen MR) is 79.0 cm³/mol. The minimum atomic E-state index is -0.0754. The molecule has 0 N–H and O–H groups in total. The third-order valence-corrected chi connectivity index (χ3v) is 4.92. The van der Waals surface area contributed by atoms with Gasteiger partial charge in [0, 0.05) is 37.5 Å². The van der Waals surface area contributed by atoms with Crippen LogP contribution in [0.4, 0.5) is 0 Å². The van der Waals surface area contributed by atoms with E-state index >= 15 is 0 Å². The van der Waals surface area contributed by atoms with Crippen molar-refractivity contribution in [2.24, 2.45) is 5.92 Å². The number of aromatic nitrogens is 2. The molecule has 1 saturated carbocycles. The Hall–Kier alpha value is -1.50. The molecule has 0 aromatic carbocycles. The van der Waals surface area contributed by atoms with Crippen molar-refractivity contribution in [3.63, 3.8) is 0 Å². The first-order valence-electron chi connectivity index (χ1n) is 7.61. The van der Waals surface area contributed by atoms with Gasteiger partial charge in [-0.1, -0.05) is 23.8 Å². The predicted octanol–water partition coefficient (Wildman–Crippen LogP) is 1.40. The Morgan fingerprint density at radius 2 is 1.71 bits per heavy atom. The van der Waals surface area contributed by atoms with E-state index in [1.165, 1.54) is 30.8 Å². The van der Waals surface area contributed by atoms with Gasteiger partial charge in [-0.3, -0.25) is 9.59 Å². The average molecular weight is 308 g/mol. The first-order chi connectivity index (χ1) is 10.3. The summed E-state index contributed by atoms with van der Waals surface area (Å²) in [6, 6.07) is 0. The first kappa shape index (κ1) is 14.4. The Labute approximate surface area is 128 Å². The molecule has 0 bridgehead atoms. The molecule has 1 aromatic rings. The summed E-state index contributed by atoms with van der Waals surface area (Å²) < 4.78 is 3.72. The van der Waals surface area contributed by atoms with Gasteiger partial charge >= 0.3 is 0 Å². The second-order valence-electron chi connectivity index (χ2n) is 5.74. The van der Waals surface area contributed by atoms with Gasteiger partial charge in [0.25, 0.3) is 5.91 Å². The highest BCUT2D eigenvalue weighted by molar-refractivity contribution is 7.03. The molecular weight excluding hydrogens is 288 g/mol. The molecule has 1 aliphatic heterocycles. The maximum atomic E-state index is 12.5. The lowest BCUT2D eigenvalue weighted by molar-refractivity contribution is -0.138. The molecule has 6 nitrogen and oxygen atoms in total. The number of hydrogen-bond acceptors (Lipinski definition) is 5. The van der Waals surface area contributed by atoms with Gasteiger partial charge in [-0.15, -0.1) is 5.10 Å². The fourth-order valence-corrected chi connectivity index (χ4v) is 3.59. The topological polar surface area (TPSA) is 66.4 Å². The van der Waals surface area contributed by atoms with E-state index in [4.69, 9.17) is 0 Å². The summed E-state index contributed by atoms with van der Waals surface area (Å²) in [4.78, 5) is 28.3. The van der Waals surface area contributed by atoms with Crippen LogP contribution in [-0.2, 0) is 4.79 Å². The SMILES string of the molecule is O=C(c1csnn1)N1CCN(C(=O)C2CCCCC2)CC1. The summed E-state index contributed by atoms with van der Waals surface area (Å²) in [5.74, 6) is 0.425. The number of carbonyl (C=O) groups excluding carboxylic acids is 2. The minimum absolute atomic E-state index is 0.0754.